The minimum absolute atomic E-state index is 0.131. The zero-order chi connectivity index (χ0) is 21.3. The fraction of sp³-hybridized carbons (Fsp3) is 0.120. The highest BCUT2D eigenvalue weighted by Crippen LogP contribution is 2.24. The van der Waals surface area contributed by atoms with Gasteiger partial charge in [0.15, 0.2) is 0 Å². The number of para-hydroxylation sites is 1. The third-order valence-electron chi connectivity index (χ3n) is 5.19. The molecule has 4 rings (SSSR count). The van der Waals surface area contributed by atoms with Gasteiger partial charge in [0.2, 0.25) is 0 Å². The van der Waals surface area contributed by atoms with Gasteiger partial charge in [0.05, 0.1) is 22.6 Å². The van der Waals surface area contributed by atoms with Crippen molar-refractivity contribution in [3.63, 3.8) is 0 Å². The molecule has 1 N–H and O–H groups in total. The third-order valence-corrected chi connectivity index (χ3v) is 5.52. The molecule has 5 heteroatoms. The molecule has 0 radical (unpaired) electrons. The highest BCUT2D eigenvalue weighted by atomic mass is 35.5. The van der Waals surface area contributed by atoms with Gasteiger partial charge in [-0.15, -0.1) is 0 Å². The lowest BCUT2D eigenvalue weighted by Crippen LogP contribution is -2.33. The van der Waals surface area contributed by atoms with Gasteiger partial charge in [-0.05, 0) is 55.1 Å². The van der Waals surface area contributed by atoms with Gasteiger partial charge in [-0.25, -0.2) is 0 Å². The Morgan fingerprint density at radius 2 is 1.70 bits per heavy atom. The second-order valence-corrected chi connectivity index (χ2v) is 7.78. The number of amides is 1. The Labute approximate surface area is 179 Å². The monoisotopic (exact) mass is 416 g/mol. The lowest BCUT2D eigenvalue weighted by atomic mass is 10.1. The number of hydrogen-bond donors (Lipinski definition) is 1. The van der Waals surface area contributed by atoms with Crippen molar-refractivity contribution in [2.24, 2.45) is 0 Å². The van der Waals surface area contributed by atoms with E-state index in [-0.39, 0.29) is 18.0 Å². The highest BCUT2D eigenvalue weighted by Gasteiger charge is 2.21. The molecule has 150 valence electrons. The number of carbonyl (C=O) groups excluding carboxylic acids is 1. The molecule has 0 saturated heterocycles. The van der Waals surface area contributed by atoms with Crippen molar-refractivity contribution >= 4 is 34.1 Å². The number of nitrogens with zero attached hydrogens (tertiary/aromatic N) is 1. The van der Waals surface area contributed by atoms with Crippen molar-refractivity contribution in [2.75, 3.05) is 4.90 Å². The standard InChI is InChI=1S/C25H21ClN2O2/c1-16-10-12-20(13-11-16)28(25(30)21-8-3-4-9-22(21)26)15-19-14-18-7-5-6-17(2)23(18)27-24(19)29/h3-14H,15H2,1-2H3,(H,27,29). The summed E-state index contributed by atoms with van der Waals surface area (Å²) in [5.41, 5.74) is 4.30. The first-order chi connectivity index (χ1) is 14.4. The van der Waals surface area contributed by atoms with E-state index in [0.29, 0.717) is 21.8 Å². The van der Waals surface area contributed by atoms with Gasteiger partial charge in [0.25, 0.3) is 11.5 Å². The molecule has 0 aliphatic rings. The highest BCUT2D eigenvalue weighted by molar-refractivity contribution is 6.34. The molecule has 0 atom stereocenters. The quantitative estimate of drug-likeness (QED) is 0.467. The molecule has 30 heavy (non-hydrogen) atoms. The molecular formula is C25H21ClN2O2. The Bertz CT molecular complexity index is 1290. The number of anilines is 1. The summed E-state index contributed by atoms with van der Waals surface area (Å²) in [7, 11) is 0. The van der Waals surface area contributed by atoms with Gasteiger partial charge in [-0.2, -0.15) is 0 Å². The summed E-state index contributed by atoms with van der Waals surface area (Å²) >= 11 is 6.29. The molecule has 1 amide bonds. The average Bonchev–Trinajstić information content (AvgIpc) is 2.74. The zero-order valence-electron chi connectivity index (χ0n) is 16.8. The lowest BCUT2D eigenvalue weighted by Gasteiger charge is -2.23. The van der Waals surface area contributed by atoms with E-state index in [9.17, 15) is 9.59 Å². The van der Waals surface area contributed by atoms with E-state index in [1.807, 2.05) is 62.4 Å². The molecule has 0 aliphatic carbocycles. The number of aromatic nitrogens is 1. The molecule has 0 fully saturated rings. The van der Waals surface area contributed by atoms with E-state index in [0.717, 1.165) is 22.0 Å². The summed E-state index contributed by atoms with van der Waals surface area (Å²) < 4.78 is 0. The van der Waals surface area contributed by atoms with Crippen LogP contribution < -0.4 is 10.5 Å². The van der Waals surface area contributed by atoms with E-state index in [1.54, 1.807) is 29.2 Å². The van der Waals surface area contributed by atoms with Gasteiger partial charge in [-0.1, -0.05) is 59.6 Å². The van der Waals surface area contributed by atoms with Crippen molar-refractivity contribution in [2.45, 2.75) is 20.4 Å². The van der Waals surface area contributed by atoms with Crippen LogP contribution in [0.3, 0.4) is 0 Å². The minimum Gasteiger partial charge on any atom is -0.321 e. The normalized spacial score (nSPS) is 10.9. The Balaban J connectivity index is 1.81. The van der Waals surface area contributed by atoms with Gasteiger partial charge in [0, 0.05) is 11.3 Å². The van der Waals surface area contributed by atoms with E-state index in [2.05, 4.69) is 4.98 Å². The number of aromatic amines is 1. The van der Waals surface area contributed by atoms with Crippen LogP contribution in [0.25, 0.3) is 10.9 Å². The van der Waals surface area contributed by atoms with Crippen LogP contribution in [0.15, 0.2) is 77.6 Å². The van der Waals surface area contributed by atoms with E-state index < -0.39 is 0 Å². The summed E-state index contributed by atoms with van der Waals surface area (Å²) in [6.07, 6.45) is 0. The molecule has 3 aromatic carbocycles. The topological polar surface area (TPSA) is 53.2 Å². The van der Waals surface area contributed by atoms with Crippen LogP contribution >= 0.6 is 11.6 Å². The predicted molar refractivity (Wildman–Crippen MR) is 122 cm³/mol. The first-order valence-electron chi connectivity index (χ1n) is 9.68. The summed E-state index contributed by atoms with van der Waals surface area (Å²) in [5, 5.41) is 1.31. The van der Waals surface area contributed by atoms with Crippen LogP contribution in [0.2, 0.25) is 5.02 Å². The van der Waals surface area contributed by atoms with Crippen molar-refractivity contribution in [3.05, 3.63) is 110 Å². The van der Waals surface area contributed by atoms with Gasteiger partial charge in [0.1, 0.15) is 0 Å². The predicted octanol–water partition coefficient (Wildman–Crippen LogP) is 5.65. The lowest BCUT2D eigenvalue weighted by molar-refractivity contribution is 0.0985. The number of fused-ring (bicyclic) bond motifs is 1. The second-order valence-electron chi connectivity index (χ2n) is 7.37. The molecular weight excluding hydrogens is 396 g/mol. The number of nitrogens with one attached hydrogen (secondary N) is 1. The van der Waals surface area contributed by atoms with E-state index in [4.69, 9.17) is 11.6 Å². The van der Waals surface area contributed by atoms with Crippen LogP contribution in [-0.4, -0.2) is 10.9 Å². The molecule has 0 aliphatic heterocycles. The SMILES string of the molecule is Cc1ccc(N(Cc2cc3cccc(C)c3[nH]c2=O)C(=O)c2ccccc2Cl)cc1. The van der Waals surface area contributed by atoms with Gasteiger partial charge < -0.3 is 9.88 Å². The first-order valence-corrected chi connectivity index (χ1v) is 10.1. The Hall–Kier alpha value is -3.37. The first kappa shape index (κ1) is 19.9. The smallest absolute Gasteiger partial charge is 0.260 e. The number of hydrogen-bond acceptors (Lipinski definition) is 2. The molecule has 0 spiro atoms. The van der Waals surface area contributed by atoms with E-state index >= 15 is 0 Å². The summed E-state index contributed by atoms with van der Waals surface area (Å²) in [6, 6.07) is 22.3. The molecule has 4 aromatic rings. The molecule has 4 nitrogen and oxygen atoms in total. The average molecular weight is 417 g/mol. The maximum absolute atomic E-state index is 13.4. The Morgan fingerprint density at radius 1 is 0.967 bits per heavy atom. The summed E-state index contributed by atoms with van der Waals surface area (Å²) in [6.45, 7) is 4.07. The second kappa shape index (κ2) is 8.17. The zero-order valence-corrected chi connectivity index (χ0v) is 17.5. The summed E-state index contributed by atoms with van der Waals surface area (Å²) in [4.78, 5) is 30.8. The Kier molecular flexibility index (Phi) is 5.42. The molecule has 0 bridgehead atoms. The van der Waals surface area contributed by atoms with Crippen molar-refractivity contribution in [1.82, 2.24) is 4.98 Å². The maximum atomic E-state index is 13.4. The number of halogens is 1. The number of pyridine rings is 1. The van der Waals surface area contributed by atoms with Crippen LogP contribution in [0, 0.1) is 13.8 Å². The van der Waals surface area contributed by atoms with Crippen LogP contribution in [0.4, 0.5) is 5.69 Å². The third kappa shape index (κ3) is 3.87. The van der Waals surface area contributed by atoms with Crippen LogP contribution in [0.5, 0.6) is 0 Å². The van der Waals surface area contributed by atoms with Gasteiger partial charge >= 0.3 is 0 Å². The van der Waals surface area contributed by atoms with Crippen LogP contribution in [0.1, 0.15) is 27.0 Å². The molecule has 0 unspecified atom stereocenters. The maximum Gasteiger partial charge on any atom is 0.260 e. The van der Waals surface area contributed by atoms with E-state index in [1.165, 1.54) is 0 Å². The molecule has 0 saturated carbocycles. The Morgan fingerprint density at radius 3 is 2.43 bits per heavy atom. The number of aryl methyl sites for hydroxylation is 2. The number of benzene rings is 3. The number of H-pyrrole nitrogens is 1. The fourth-order valence-corrected chi connectivity index (χ4v) is 3.72. The molecule has 1 heterocycles. The van der Waals surface area contributed by atoms with Crippen LogP contribution in [-0.2, 0) is 6.54 Å². The number of rotatable bonds is 4. The minimum atomic E-state index is -0.256. The number of carbonyl (C=O) groups is 1. The van der Waals surface area contributed by atoms with Gasteiger partial charge in [-0.3, -0.25) is 9.59 Å². The largest absolute Gasteiger partial charge is 0.321 e. The summed E-state index contributed by atoms with van der Waals surface area (Å²) in [5.74, 6) is -0.256. The van der Waals surface area contributed by atoms with Crippen molar-refractivity contribution in [3.8, 4) is 0 Å². The van der Waals surface area contributed by atoms with Crippen molar-refractivity contribution in [1.29, 1.82) is 0 Å². The fourth-order valence-electron chi connectivity index (χ4n) is 3.50. The van der Waals surface area contributed by atoms with Crippen molar-refractivity contribution < 1.29 is 4.79 Å². The molecule has 1 aromatic heterocycles.